The maximum absolute atomic E-state index is 5.87. The van der Waals surface area contributed by atoms with Crippen LogP contribution in [0.15, 0.2) is 0 Å². The van der Waals surface area contributed by atoms with Crippen LogP contribution in [0, 0.1) is 0 Å². The van der Waals surface area contributed by atoms with E-state index in [4.69, 9.17) is 4.74 Å². The maximum atomic E-state index is 5.87. The van der Waals surface area contributed by atoms with Crippen LogP contribution in [-0.2, 0) is 4.74 Å². The Labute approximate surface area is 86.6 Å². The van der Waals surface area contributed by atoms with Crippen molar-refractivity contribution in [3.63, 3.8) is 0 Å². The summed E-state index contributed by atoms with van der Waals surface area (Å²) >= 11 is 0. The minimum absolute atomic E-state index is 0.0876. The fourth-order valence-electron chi connectivity index (χ4n) is 2.68. The fourth-order valence-corrected chi connectivity index (χ4v) is 2.68. The van der Waals surface area contributed by atoms with Gasteiger partial charge < -0.3 is 15.4 Å². The first-order valence-electron chi connectivity index (χ1n) is 5.78. The second-order valence-corrected chi connectivity index (χ2v) is 4.96. The molecule has 82 valence electrons. The molecule has 0 amide bonds. The van der Waals surface area contributed by atoms with Gasteiger partial charge in [0.1, 0.15) is 0 Å². The number of hydrogen-bond acceptors (Lipinski definition) is 3. The second-order valence-electron chi connectivity index (χ2n) is 4.96. The third-order valence-corrected chi connectivity index (χ3v) is 3.76. The van der Waals surface area contributed by atoms with Gasteiger partial charge in [0, 0.05) is 31.8 Å². The molecule has 2 atom stereocenters. The highest BCUT2D eigenvalue weighted by molar-refractivity contribution is 5.01. The molecule has 2 heterocycles. The van der Waals surface area contributed by atoms with Crippen molar-refractivity contribution >= 4 is 0 Å². The topological polar surface area (TPSA) is 33.3 Å². The van der Waals surface area contributed by atoms with Gasteiger partial charge in [0.2, 0.25) is 0 Å². The van der Waals surface area contributed by atoms with Gasteiger partial charge in [-0.1, -0.05) is 6.92 Å². The summed E-state index contributed by atoms with van der Waals surface area (Å²) in [6.07, 6.45) is 3.40. The molecule has 2 saturated heterocycles. The summed E-state index contributed by atoms with van der Waals surface area (Å²) in [6, 6.07) is 0. The fraction of sp³-hybridized carbons (Fsp3) is 1.00. The van der Waals surface area contributed by atoms with Crippen LogP contribution >= 0.6 is 0 Å². The van der Waals surface area contributed by atoms with Crippen LogP contribution in [0.25, 0.3) is 0 Å². The molecule has 0 aromatic carbocycles. The smallest absolute Gasteiger partial charge is 0.0670 e. The average molecular weight is 198 g/mol. The van der Waals surface area contributed by atoms with Crippen LogP contribution < -0.4 is 10.6 Å². The van der Waals surface area contributed by atoms with E-state index in [1.54, 1.807) is 0 Å². The number of hydrogen-bond donors (Lipinski definition) is 2. The quantitative estimate of drug-likeness (QED) is 0.657. The zero-order chi connectivity index (χ0) is 10.1. The summed E-state index contributed by atoms with van der Waals surface area (Å²) < 4.78 is 5.87. The van der Waals surface area contributed by atoms with E-state index in [-0.39, 0.29) is 5.60 Å². The largest absolute Gasteiger partial charge is 0.375 e. The van der Waals surface area contributed by atoms with Crippen molar-refractivity contribution in [1.82, 2.24) is 10.6 Å². The highest BCUT2D eigenvalue weighted by Gasteiger charge is 2.42. The first-order valence-corrected chi connectivity index (χ1v) is 5.78. The van der Waals surface area contributed by atoms with Gasteiger partial charge in [-0.3, -0.25) is 0 Å². The Morgan fingerprint density at radius 2 is 2.21 bits per heavy atom. The number of piperazine rings is 1. The SMILES string of the molecule is CC[C@@]1(C)C[C@@]2(CCO1)CNCCN2. The van der Waals surface area contributed by atoms with Gasteiger partial charge in [0.15, 0.2) is 0 Å². The monoisotopic (exact) mass is 198 g/mol. The van der Waals surface area contributed by atoms with Crippen LogP contribution in [0.4, 0.5) is 0 Å². The standard InChI is InChI=1S/C11H22N2O/c1-3-10(2)8-11(4-7-14-10)9-12-5-6-13-11/h12-13H,3-9H2,1-2H3/t10-,11-/m0/s1. The van der Waals surface area contributed by atoms with E-state index >= 15 is 0 Å². The van der Waals surface area contributed by atoms with E-state index in [1.165, 1.54) is 0 Å². The molecule has 2 fully saturated rings. The summed E-state index contributed by atoms with van der Waals surface area (Å²) in [5, 5.41) is 7.17. The molecule has 0 aromatic rings. The molecule has 0 saturated carbocycles. The van der Waals surface area contributed by atoms with E-state index in [2.05, 4.69) is 24.5 Å². The Morgan fingerprint density at radius 3 is 2.86 bits per heavy atom. The van der Waals surface area contributed by atoms with Crippen LogP contribution in [0.2, 0.25) is 0 Å². The van der Waals surface area contributed by atoms with Crippen LogP contribution in [-0.4, -0.2) is 37.4 Å². The Morgan fingerprint density at radius 1 is 1.36 bits per heavy atom. The Kier molecular flexibility index (Phi) is 2.82. The molecule has 2 aliphatic heterocycles. The number of nitrogens with one attached hydrogen (secondary N) is 2. The maximum Gasteiger partial charge on any atom is 0.0670 e. The van der Waals surface area contributed by atoms with E-state index in [0.29, 0.717) is 5.54 Å². The molecule has 1 spiro atoms. The molecule has 3 heteroatoms. The summed E-state index contributed by atoms with van der Waals surface area (Å²) in [4.78, 5) is 0. The van der Waals surface area contributed by atoms with Gasteiger partial charge in [-0.25, -0.2) is 0 Å². The van der Waals surface area contributed by atoms with Gasteiger partial charge in [0.25, 0.3) is 0 Å². The van der Waals surface area contributed by atoms with Crippen molar-refractivity contribution in [1.29, 1.82) is 0 Å². The lowest BCUT2D eigenvalue weighted by Gasteiger charge is -2.48. The molecule has 0 aromatic heterocycles. The molecular weight excluding hydrogens is 176 g/mol. The Balaban J connectivity index is 2.04. The molecule has 0 radical (unpaired) electrons. The van der Waals surface area contributed by atoms with Crippen LogP contribution in [0.5, 0.6) is 0 Å². The van der Waals surface area contributed by atoms with Gasteiger partial charge in [-0.2, -0.15) is 0 Å². The molecule has 2 rings (SSSR count). The van der Waals surface area contributed by atoms with Crippen molar-refractivity contribution in [3.05, 3.63) is 0 Å². The number of rotatable bonds is 1. The molecule has 3 nitrogen and oxygen atoms in total. The van der Waals surface area contributed by atoms with Crippen LogP contribution in [0.3, 0.4) is 0 Å². The summed E-state index contributed by atoms with van der Waals surface area (Å²) in [7, 11) is 0. The summed E-state index contributed by atoms with van der Waals surface area (Å²) in [5.74, 6) is 0. The van der Waals surface area contributed by atoms with E-state index in [0.717, 1.165) is 45.5 Å². The Hall–Kier alpha value is -0.120. The lowest BCUT2D eigenvalue weighted by molar-refractivity contribution is -0.103. The zero-order valence-electron chi connectivity index (χ0n) is 9.36. The first kappa shape index (κ1) is 10.4. The van der Waals surface area contributed by atoms with Gasteiger partial charge in [-0.15, -0.1) is 0 Å². The third-order valence-electron chi connectivity index (χ3n) is 3.76. The van der Waals surface area contributed by atoms with Gasteiger partial charge >= 0.3 is 0 Å². The molecular formula is C11H22N2O. The lowest BCUT2D eigenvalue weighted by atomic mass is 9.78. The molecule has 0 bridgehead atoms. The third kappa shape index (κ3) is 1.95. The number of ether oxygens (including phenoxy) is 1. The zero-order valence-corrected chi connectivity index (χ0v) is 9.36. The summed E-state index contributed by atoms with van der Waals surface area (Å²) in [5.41, 5.74) is 0.394. The normalized spacial score (nSPS) is 44.1. The van der Waals surface area contributed by atoms with Gasteiger partial charge in [0.05, 0.1) is 5.60 Å². The molecule has 0 aliphatic carbocycles. The predicted octanol–water partition coefficient (Wildman–Crippen LogP) is 0.897. The van der Waals surface area contributed by atoms with E-state index in [9.17, 15) is 0 Å². The van der Waals surface area contributed by atoms with Crippen LogP contribution in [0.1, 0.15) is 33.1 Å². The van der Waals surface area contributed by atoms with Crippen molar-refractivity contribution < 1.29 is 4.74 Å². The van der Waals surface area contributed by atoms with E-state index < -0.39 is 0 Å². The average Bonchev–Trinajstić information content (AvgIpc) is 2.19. The Bertz CT molecular complexity index is 196. The molecule has 14 heavy (non-hydrogen) atoms. The lowest BCUT2D eigenvalue weighted by Crippen LogP contribution is -2.64. The summed E-state index contributed by atoms with van der Waals surface area (Å²) in [6.45, 7) is 8.66. The minimum atomic E-state index is 0.0876. The van der Waals surface area contributed by atoms with Crippen molar-refractivity contribution in [2.24, 2.45) is 0 Å². The highest BCUT2D eigenvalue weighted by Crippen LogP contribution is 2.34. The molecule has 0 unspecified atom stereocenters. The molecule has 2 N–H and O–H groups in total. The first-order chi connectivity index (χ1) is 6.68. The van der Waals surface area contributed by atoms with Crippen molar-refractivity contribution in [2.45, 2.75) is 44.2 Å². The minimum Gasteiger partial charge on any atom is -0.375 e. The van der Waals surface area contributed by atoms with Gasteiger partial charge in [-0.05, 0) is 26.2 Å². The second kappa shape index (κ2) is 3.80. The van der Waals surface area contributed by atoms with Crippen molar-refractivity contribution in [3.8, 4) is 0 Å². The van der Waals surface area contributed by atoms with Crippen molar-refractivity contribution in [2.75, 3.05) is 26.2 Å². The molecule has 2 aliphatic rings. The highest BCUT2D eigenvalue weighted by atomic mass is 16.5. The predicted molar refractivity (Wildman–Crippen MR) is 57.5 cm³/mol. The van der Waals surface area contributed by atoms with E-state index in [1.807, 2.05) is 0 Å².